The van der Waals surface area contributed by atoms with Crippen LogP contribution >= 0.6 is 0 Å². The minimum absolute atomic E-state index is 0.240. The van der Waals surface area contributed by atoms with Crippen LogP contribution in [0.5, 0.6) is 0 Å². The number of hydrogen-bond acceptors (Lipinski definition) is 2. The van der Waals surface area contributed by atoms with Crippen LogP contribution in [0.3, 0.4) is 0 Å². The second-order valence-electron chi connectivity index (χ2n) is 8.24. The Morgan fingerprint density at radius 2 is 1.86 bits per heavy atom. The molecule has 2 aromatic carbocycles. The molecule has 0 N–H and O–H groups in total. The van der Waals surface area contributed by atoms with E-state index in [1.807, 2.05) is 6.07 Å². The molecule has 3 rings (SSSR count). The first-order chi connectivity index (χ1) is 14.0. The van der Waals surface area contributed by atoms with E-state index in [9.17, 15) is 14.0 Å². The molecule has 2 atom stereocenters. The lowest BCUT2D eigenvalue weighted by Gasteiger charge is -2.33. The van der Waals surface area contributed by atoms with Crippen molar-refractivity contribution in [2.75, 3.05) is 13.1 Å². The molecule has 0 heterocycles. The molecule has 29 heavy (non-hydrogen) atoms. The molecule has 0 aliphatic heterocycles. The van der Waals surface area contributed by atoms with E-state index in [2.05, 4.69) is 49.1 Å². The van der Waals surface area contributed by atoms with Gasteiger partial charge in [-0.05, 0) is 74.8 Å². The van der Waals surface area contributed by atoms with Crippen LogP contribution in [0.2, 0.25) is 0 Å². The van der Waals surface area contributed by atoms with Gasteiger partial charge in [0.25, 0.3) is 0 Å². The molecule has 1 fully saturated rings. The van der Waals surface area contributed by atoms with E-state index < -0.39 is 17.0 Å². The van der Waals surface area contributed by atoms with Gasteiger partial charge in [-0.2, -0.15) is 5.26 Å². The molecule has 0 aromatic heterocycles. The number of nitriles is 1. The van der Waals surface area contributed by atoms with Gasteiger partial charge in [-0.15, -0.1) is 0 Å². The number of nitrogens with zero attached hydrogens (tertiary/aromatic N) is 2. The molecule has 1 aliphatic rings. The quantitative estimate of drug-likeness (QED) is 0.502. The minimum atomic E-state index is -0.867. The Labute approximate surface area is 173 Å². The highest BCUT2D eigenvalue weighted by Crippen LogP contribution is 2.50. The van der Waals surface area contributed by atoms with Crippen LogP contribution in [0.15, 0.2) is 48.5 Å². The molecule has 0 radical (unpaired) electrons. The lowest BCUT2D eigenvalue weighted by Crippen LogP contribution is -2.37. The highest BCUT2D eigenvalue weighted by Gasteiger charge is 2.47. The maximum Gasteiger partial charge on any atom is 0.159 e. The average Bonchev–Trinajstić information content (AvgIpc) is 3.58. The van der Waals surface area contributed by atoms with Crippen molar-refractivity contribution in [3.05, 3.63) is 71.3 Å². The summed E-state index contributed by atoms with van der Waals surface area (Å²) in [6, 6.07) is 17.3. The number of likely N-dealkylation sites (N-methyl/N-ethyl adjacent to an activating group) is 1. The Hall–Kier alpha value is -2.25. The molecular formula is C25H30F2N2. The fourth-order valence-corrected chi connectivity index (χ4v) is 4.37. The van der Waals surface area contributed by atoms with Crippen LogP contribution in [0.1, 0.15) is 50.7 Å². The van der Waals surface area contributed by atoms with E-state index in [1.54, 1.807) is 6.07 Å². The molecule has 2 unspecified atom stereocenters. The van der Waals surface area contributed by atoms with Gasteiger partial charge in [0.2, 0.25) is 0 Å². The van der Waals surface area contributed by atoms with E-state index in [4.69, 9.17) is 0 Å². The van der Waals surface area contributed by atoms with Crippen molar-refractivity contribution in [3.63, 3.8) is 0 Å². The first-order valence-corrected chi connectivity index (χ1v) is 10.6. The Bertz CT molecular complexity index is 842. The Balaban J connectivity index is 1.68. The van der Waals surface area contributed by atoms with Gasteiger partial charge in [0, 0.05) is 12.6 Å². The summed E-state index contributed by atoms with van der Waals surface area (Å²) in [6.07, 6.45) is 4.47. The lowest BCUT2D eigenvalue weighted by molar-refractivity contribution is 0.199. The van der Waals surface area contributed by atoms with E-state index in [0.29, 0.717) is 18.0 Å². The Morgan fingerprint density at radius 1 is 1.14 bits per heavy atom. The van der Waals surface area contributed by atoms with E-state index in [1.165, 1.54) is 11.6 Å². The number of halogens is 2. The fourth-order valence-electron chi connectivity index (χ4n) is 4.37. The standard InChI is InChI=1S/C25H30F2N2/c1-3-29(16-14-20-7-5-4-6-8-20)19(2)13-15-25(18-28,21-9-10-21)22-11-12-23(26)24(27)17-22/h4-8,11-12,17,19,21H,3,9-10,13-16H2,1-2H3. The summed E-state index contributed by atoms with van der Waals surface area (Å²) < 4.78 is 27.3. The van der Waals surface area contributed by atoms with Gasteiger partial charge in [0.05, 0.1) is 11.5 Å². The van der Waals surface area contributed by atoms with Gasteiger partial charge in [-0.3, -0.25) is 0 Å². The van der Waals surface area contributed by atoms with Crippen molar-refractivity contribution < 1.29 is 8.78 Å². The molecular weight excluding hydrogens is 366 g/mol. The van der Waals surface area contributed by atoms with Crippen LogP contribution < -0.4 is 0 Å². The van der Waals surface area contributed by atoms with Gasteiger partial charge in [-0.25, -0.2) is 8.78 Å². The highest BCUT2D eigenvalue weighted by molar-refractivity contribution is 5.36. The summed E-state index contributed by atoms with van der Waals surface area (Å²) in [5.74, 6) is -1.49. The molecule has 4 heteroatoms. The lowest BCUT2D eigenvalue weighted by atomic mass is 9.73. The highest BCUT2D eigenvalue weighted by atomic mass is 19.2. The molecule has 0 saturated heterocycles. The van der Waals surface area contributed by atoms with Crippen LogP contribution in [0.4, 0.5) is 8.78 Å². The van der Waals surface area contributed by atoms with Crippen molar-refractivity contribution in [1.29, 1.82) is 5.26 Å². The van der Waals surface area contributed by atoms with Crippen LogP contribution in [0, 0.1) is 28.9 Å². The van der Waals surface area contributed by atoms with Gasteiger partial charge < -0.3 is 4.90 Å². The first kappa shape index (κ1) is 21.5. The third-order valence-corrected chi connectivity index (χ3v) is 6.43. The van der Waals surface area contributed by atoms with Crippen LogP contribution in [-0.4, -0.2) is 24.0 Å². The van der Waals surface area contributed by atoms with Gasteiger partial charge in [0.15, 0.2) is 11.6 Å². The normalized spacial score (nSPS) is 17.0. The molecule has 1 aliphatic carbocycles. The largest absolute Gasteiger partial charge is 0.301 e. The second-order valence-corrected chi connectivity index (χ2v) is 8.24. The Kier molecular flexibility index (Phi) is 7.03. The summed E-state index contributed by atoms with van der Waals surface area (Å²) in [5.41, 5.74) is 1.23. The van der Waals surface area contributed by atoms with Gasteiger partial charge >= 0.3 is 0 Å². The predicted octanol–water partition coefficient (Wildman–Crippen LogP) is 5.87. The minimum Gasteiger partial charge on any atom is -0.301 e. The Morgan fingerprint density at radius 3 is 2.45 bits per heavy atom. The number of rotatable bonds is 10. The summed E-state index contributed by atoms with van der Waals surface area (Å²) in [5, 5.41) is 10.1. The maximum absolute atomic E-state index is 13.9. The summed E-state index contributed by atoms with van der Waals surface area (Å²) >= 11 is 0. The molecule has 2 nitrogen and oxygen atoms in total. The molecule has 1 saturated carbocycles. The van der Waals surface area contributed by atoms with Crippen molar-refractivity contribution in [2.24, 2.45) is 5.92 Å². The van der Waals surface area contributed by atoms with E-state index in [-0.39, 0.29) is 5.92 Å². The van der Waals surface area contributed by atoms with E-state index >= 15 is 0 Å². The van der Waals surface area contributed by atoms with Crippen molar-refractivity contribution in [2.45, 2.75) is 57.4 Å². The SMILES string of the molecule is CCN(CCc1ccccc1)C(C)CCC(C#N)(c1ccc(F)c(F)c1)C1CC1. The predicted molar refractivity (Wildman–Crippen MR) is 112 cm³/mol. The van der Waals surface area contributed by atoms with Crippen molar-refractivity contribution in [1.82, 2.24) is 4.90 Å². The number of benzene rings is 2. The smallest absolute Gasteiger partial charge is 0.159 e. The van der Waals surface area contributed by atoms with Crippen molar-refractivity contribution in [3.8, 4) is 6.07 Å². The maximum atomic E-state index is 13.9. The third-order valence-electron chi connectivity index (χ3n) is 6.43. The first-order valence-electron chi connectivity index (χ1n) is 10.6. The fraction of sp³-hybridized carbons (Fsp3) is 0.480. The zero-order chi connectivity index (χ0) is 20.9. The number of hydrogen-bond donors (Lipinski definition) is 0. The zero-order valence-corrected chi connectivity index (χ0v) is 17.4. The van der Waals surface area contributed by atoms with Crippen LogP contribution in [0.25, 0.3) is 0 Å². The summed E-state index contributed by atoms with van der Waals surface area (Å²) in [7, 11) is 0. The average molecular weight is 397 g/mol. The van der Waals surface area contributed by atoms with E-state index in [0.717, 1.165) is 44.8 Å². The zero-order valence-electron chi connectivity index (χ0n) is 17.4. The van der Waals surface area contributed by atoms with Crippen molar-refractivity contribution >= 4 is 0 Å². The van der Waals surface area contributed by atoms with Gasteiger partial charge in [-0.1, -0.05) is 43.3 Å². The molecule has 0 amide bonds. The molecule has 154 valence electrons. The molecule has 0 spiro atoms. The monoisotopic (exact) mass is 396 g/mol. The third kappa shape index (κ3) is 5.03. The topological polar surface area (TPSA) is 27.0 Å². The summed E-state index contributed by atoms with van der Waals surface area (Å²) in [4.78, 5) is 2.44. The summed E-state index contributed by atoms with van der Waals surface area (Å²) in [6.45, 7) is 6.28. The van der Waals surface area contributed by atoms with Gasteiger partial charge in [0.1, 0.15) is 0 Å². The second kappa shape index (κ2) is 9.50. The molecule has 0 bridgehead atoms. The van der Waals surface area contributed by atoms with Crippen LogP contribution in [-0.2, 0) is 11.8 Å². The molecule has 2 aromatic rings.